The predicted molar refractivity (Wildman–Crippen MR) is 88.8 cm³/mol. The van der Waals surface area contributed by atoms with Crippen molar-refractivity contribution in [2.75, 3.05) is 6.54 Å². The van der Waals surface area contributed by atoms with E-state index in [-0.39, 0.29) is 5.92 Å². The van der Waals surface area contributed by atoms with E-state index in [1.165, 1.54) is 5.56 Å². The minimum atomic E-state index is 0.226. The highest BCUT2D eigenvalue weighted by Gasteiger charge is 2.17. The van der Waals surface area contributed by atoms with Crippen LogP contribution in [0.4, 0.5) is 0 Å². The summed E-state index contributed by atoms with van der Waals surface area (Å²) >= 11 is 0. The fourth-order valence-corrected chi connectivity index (χ4v) is 2.59. The Balaban J connectivity index is 2.18. The number of nitrogens with one attached hydrogen (secondary N) is 1. The molecule has 0 saturated carbocycles. The fourth-order valence-electron chi connectivity index (χ4n) is 2.59. The van der Waals surface area contributed by atoms with Crippen molar-refractivity contribution in [2.45, 2.75) is 38.6 Å². The van der Waals surface area contributed by atoms with Crippen LogP contribution >= 0.6 is 0 Å². The molecule has 2 rings (SSSR count). The number of aromatic hydroxyl groups is 1. The summed E-state index contributed by atoms with van der Waals surface area (Å²) < 4.78 is 0. The van der Waals surface area contributed by atoms with Gasteiger partial charge in [-0.2, -0.15) is 0 Å². The third-order valence-electron chi connectivity index (χ3n) is 4.05. The molecule has 0 aliphatic heterocycles. The Hall–Kier alpha value is -1.80. The normalized spacial score (nSPS) is 13.8. The lowest BCUT2D eigenvalue weighted by Gasteiger charge is -2.20. The molecule has 112 valence electrons. The molecule has 2 aromatic carbocycles. The number of phenolic OH excluding ortho intramolecular Hbond substituents is 1. The average molecular weight is 283 g/mol. The molecule has 0 bridgehead atoms. The van der Waals surface area contributed by atoms with E-state index in [1.54, 1.807) is 6.07 Å². The molecule has 2 N–H and O–H groups in total. The zero-order valence-corrected chi connectivity index (χ0v) is 12.9. The first-order valence-corrected chi connectivity index (χ1v) is 7.78. The Kier molecular flexibility index (Phi) is 5.82. The Morgan fingerprint density at radius 2 is 1.67 bits per heavy atom. The molecule has 0 saturated heterocycles. The van der Waals surface area contributed by atoms with Crippen molar-refractivity contribution in [2.24, 2.45) is 0 Å². The lowest BCUT2D eigenvalue weighted by atomic mass is 9.88. The highest BCUT2D eigenvalue weighted by Crippen LogP contribution is 2.33. The van der Waals surface area contributed by atoms with E-state index in [9.17, 15) is 5.11 Å². The van der Waals surface area contributed by atoms with Crippen molar-refractivity contribution in [1.29, 1.82) is 0 Å². The third-order valence-corrected chi connectivity index (χ3v) is 4.05. The molecular formula is C19H25NO. The first kappa shape index (κ1) is 15.6. The largest absolute Gasteiger partial charge is 0.508 e. The SMILES string of the molecule is CC[C@@H](C)NCC[C@H](c1ccccc1)c1ccccc1O. The molecule has 0 fully saturated rings. The zero-order valence-electron chi connectivity index (χ0n) is 12.9. The zero-order chi connectivity index (χ0) is 15.1. The monoisotopic (exact) mass is 283 g/mol. The highest BCUT2D eigenvalue weighted by atomic mass is 16.3. The molecule has 0 radical (unpaired) electrons. The van der Waals surface area contributed by atoms with Crippen molar-refractivity contribution < 1.29 is 5.11 Å². The summed E-state index contributed by atoms with van der Waals surface area (Å²) in [7, 11) is 0. The molecule has 2 nitrogen and oxygen atoms in total. The van der Waals surface area contributed by atoms with E-state index in [2.05, 4.69) is 43.4 Å². The maximum absolute atomic E-state index is 10.2. The van der Waals surface area contributed by atoms with Gasteiger partial charge in [-0.15, -0.1) is 0 Å². The van der Waals surface area contributed by atoms with Crippen LogP contribution in [0.1, 0.15) is 43.7 Å². The van der Waals surface area contributed by atoms with Gasteiger partial charge in [0.15, 0.2) is 0 Å². The molecule has 2 atom stereocenters. The van der Waals surface area contributed by atoms with Crippen LogP contribution in [-0.4, -0.2) is 17.7 Å². The summed E-state index contributed by atoms with van der Waals surface area (Å²) in [6.07, 6.45) is 2.11. The van der Waals surface area contributed by atoms with Gasteiger partial charge in [0.05, 0.1) is 0 Å². The van der Waals surface area contributed by atoms with Gasteiger partial charge in [-0.1, -0.05) is 55.5 Å². The minimum Gasteiger partial charge on any atom is -0.508 e. The van der Waals surface area contributed by atoms with Crippen molar-refractivity contribution in [3.63, 3.8) is 0 Å². The Morgan fingerprint density at radius 1 is 1.00 bits per heavy atom. The number of hydrogen-bond donors (Lipinski definition) is 2. The van der Waals surface area contributed by atoms with Crippen LogP contribution in [0.25, 0.3) is 0 Å². The van der Waals surface area contributed by atoms with Gasteiger partial charge in [-0.3, -0.25) is 0 Å². The summed E-state index contributed by atoms with van der Waals surface area (Å²) in [6, 6.07) is 18.6. The molecule has 2 heteroatoms. The van der Waals surface area contributed by atoms with Gasteiger partial charge in [-0.05, 0) is 37.9 Å². The summed E-state index contributed by atoms with van der Waals surface area (Å²) in [6.45, 7) is 5.34. The van der Waals surface area contributed by atoms with Crippen LogP contribution in [0, 0.1) is 0 Å². The Morgan fingerprint density at radius 3 is 2.33 bits per heavy atom. The fraction of sp³-hybridized carbons (Fsp3) is 0.368. The molecule has 0 aliphatic rings. The second kappa shape index (κ2) is 7.84. The Bertz CT molecular complexity index is 538. The van der Waals surface area contributed by atoms with Gasteiger partial charge in [0.1, 0.15) is 5.75 Å². The molecule has 2 aromatic rings. The Labute approximate surface area is 127 Å². The van der Waals surface area contributed by atoms with Gasteiger partial charge in [-0.25, -0.2) is 0 Å². The van der Waals surface area contributed by atoms with Gasteiger partial charge >= 0.3 is 0 Å². The van der Waals surface area contributed by atoms with Crippen LogP contribution in [0.3, 0.4) is 0 Å². The predicted octanol–water partition coefficient (Wildman–Crippen LogP) is 4.30. The molecule has 0 aromatic heterocycles. The first-order valence-electron chi connectivity index (χ1n) is 7.78. The smallest absolute Gasteiger partial charge is 0.119 e. The van der Waals surface area contributed by atoms with E-state index < -0.39 is 0 Å². The molecule has 0 spiro atoms. The maximum atomic E-state index is 10.2. The molecule has 21 heavy (non-hydrogen) atoms. The van der Waals surface area contributed by atoms with E-state index in [1.807, 2.05) is 24.3 Å². The molecule has 0 aliphatic carbocycles. The number of phenols is 1. The quantitative estimate of drug-likeness (QED) is 0.794. The van der Waals surface area contributed by atoms with E-state index in [0.29, 0.717) is 11.8 Å². The standard InChI is InChI=1S/C19H25NO/c1-3-15(2)20-14-13-17(16-9-5-4-6-10-16)18-11-7-8-12-19(18)21/h4-12,15,17,20-21H,3,13-14H2,1-2H3/t15-,17-/m1/s1. The third kappa shape index (κ3) is 4.33. The number of rotatable bonds is 7. The minimum absolute atomic E-state index is 0.226. The number of para-hydroxylation sites is 1. The van der Waals surface area contributed by atoms with Gasteiger partial charge < -0.3 is 10.4 Å². The maximum Gasteiger partial charge on any atom is 0.119 e. The molecule has 0 unspecified atom stereocenters. The summed E-state index contributed by atoms with van der Waals surface area (Å²) in [4.78, 5) is 0. The van der Waals surface area contributed by atoms with Gasteiger partial charge in [0.2, 0.25) is 0 Å². The second-order valence-corrected chi connectivity index (χ2v) is 5.57. The molecule has 0 amide bonds. The second-order valence-electron chi connectivity index (χ2n) is 5.57. The average Bonchev–Trinajstić information content (AvgIpc) is 2.53. The molecule has 0 heterocycles. The van der Waals surface area contributed by atoms with Crippen molar-refractivity contribution in [3.8, 4) is 5.75 Å². The highest BCUT2D eigenvalue weighted by molar-refractivity contribution is 5.41. The van der Waals surface area contributed by atoms with E-state index in [0.717, 1.165) is 24.9 Å². The van der Waals surface area contributed by atoms with Crippen molar-refractivity contribution in [1.82, 2.24) is 5.32 Å². The van der Waals surface area contributed by atoms with E-state index in [4.69, 9.17) is 0 Å². The number of benzene rings is 2. The van der Waals surface area contributed by atoms with Crippen molar-refractivity contribution in [3.05, 3.63) is 65.7 Å². The lowest BCUT2D eigenvalue weighted by Crippen LogP contribution is -2.27. The number of hydrogen-bond acceptors (Lipinski definition) is 2. The van der Waals surface area contributed by atoms with Crippen LogP contribution in [-0.2, 0) is 0 Å². The summed E-state index contributed by atoms with van der Waals surface area (Å²) in [5.74, 6) is 0.610. The topological polar surface area (TPSA) is 32.3 Å². The molecular weight excluding hydrogens is 258 g/mol. The van der Waals surface area contributed by atoms with Crippen LogP contribution in [0.2, 0.25) is 0 Å². The summed E-state index contributed by atoms with van der Waals surface area (Å²) in [5.41, 5.74) is 2.26. The summed E-state index contributed by atoms with van der Waals surface area (Å²) in [5, 5.41) is 13.7. The van der Waals surface area contributed by atoms with Gasteiger partial charge in [0, 0.05) is 17.5 Å². The van der Waals surface area contributed by atoms with Crippen LogP contribution < -0.4 is 5.32 Å². The van der Waals surface area contributed by atoms with Gasteiger partial charge in [0.25, 0.3) is 0 Å². The lowest BCUT2D eigenvalue weighted by molar-refractivity contribution is 0.458. The van der Waals surface area contributed by atoms with Crippen molar-refractivity contribution >= 4 is 0 Å². The van der Waals surface area contributed by atoms with Crippen LogP contribution in [0.15, 0.2) is 54.6 Å². The van der Waals surface area contributed by atoms with E-state index >= 15 is 0 Å². The van der Waals surface area contributed by atoms with Crippen LogP contribution in [0.5, 0.6) is 5.75 Å². The first-order chi connectivity index (χ1) is 10.2.